The Kier molecular flexibility index (Phi) is 4.17. The SMILES string of the molecule is CCCOc1cccc(-c2nc(C(C)C)n(N)c2N)c1. The first-order valence-electron chi connectivity index (χ1n) is 6.91. The van der Waals surface area contributed by atoms with E-state index in [2.05, 4.69) is 11.9 Å². The average Bonchev–Trinajstić information content (AvgIpc) is 2.74. The van der Waals surface area contributed by atoms with E-state index in [9.17, 15) is 0 Å². The largest absolute Gasteiger partial charge is 0.494 e. The van der Waals surface area contributed by atoms with E-state index in [1.54, 1.807) is 0 Å². The van der Waals surface area contributed by atoms with Crippen molar-refractivity contribution in [3.63, 3.8) is 0 Å². The van der Waals surface area contributed by atoms with E-state index in [0.29, 0.717) is 18.1 Å². The molecule has 2 rings (SSSR count). The molecule has 0 spiro atoms. The number of ether oxygens (including phenoxy) is 1. The number of hydrogen-bond acceptors (Lipinski definition) is 4. The Balaban J connectivity index is 2.39. The van der Waals surface area contributed by atoms with Gasteiger partial charge in [0.05, 0.1) is 6.61 Å². The van der Waals surface area contributed by atoms with E-state index in [0.717, 1.165) is 23.6 Å². The van der Waals surface area contributed by atoms with Gasteiger partial charge in [-0.2, -0.15) is 0 Å². The van der Waals surface area contributed by atoms with Crippen molar-refractivity contribution in [1.29, 1.82) is 0 Å². The summed E-state index contributed by atoms with van der Waals surface area (Å²) in [5.41, 5.74) is 7.68. The fraction of sp³-hybridized carbons (Fsp3) is 0.400. The summed E-state index contributed by atoms with van der Waals surface area (Å²) in [6.07, 6.45) is 0.974. The molecule has 5 heteroatoms. The number of nitrogens with two attached hydrogens (primary N) is 2. The van der Waals surface area contributed by atoms with Crippen molar-refractivity contribution < 1.29 is 4.74 Å². The summed E-state index contributed by atoms with van der Waals surface area (Å²) < 4.78 is 7.09. The van der Waals surface area contributed by atoms with Gasteiger partial charge < -0.3 is 16.3 Å². The summed E-state index contributed by atoms with van der Waals surface area (Å²) in [5.74, 6) is 8.25. The summed E-state index contributed by atoms with van der Waals surface area (Å²) in [5, 5.41) is 0. The Hall–Kier alpha value is -2.17. The van der Waals surface area contributed by atoms with E-state index < -0.39 is 0 Å². The topological polar surface area (TPSA) is 79.1 Å². The number of nitrogens with zero attached hydrogens (tertiary/aromatic N) is 2. The van der Waals surface area contributed by atoms with Crippen molar-refractivity contribution in [2.45, 2.75) is 33.1 Å². The van der Waals surface area contributed by atoms with Crippen LogP contribution in [0.5, 0.6) is 5.75 Å². The van der Waals surface area contributed by atoms with Gasteiger partial charge in [-0.15, -0.1) is 0 Å². The van der Waals surface area contributed by atoms with Gasteiger partial charge >= 0.3 is 0 Å². The maximum atomic E-state index is 6.06. The lowest BCUT2D eigenvalue weighted by atomic mass is 10.1. The smallest absolute Gasteiger partial charge is 0.150 e. The van der Waals surface area contributed by atoms with Gasteiger partial charge in [0.1, 0.15) is 17.3 Å². The number of nitrogen functional groups attached to an aromatic ring is 2. The molecule has 0 fully saturated rings. The quantitative estimate of drug-likeness (QED) is 0.822. The third kappa shape index (κ3) is 2.71. The second-order valence-corrected chi connectivity index (χ2v) is 5.10. The molecule has 0 saturated heterocycles. The normalized spacial score (nSPS) is 11.0. The van der Waals surface area contributed by atoms with E-state index >= 15 is 0 Å². The molecule has 0 aliphatic heterocycles. The molecule has 108 valence electrons. The maximum absolute atomic E-state index is 6.06. The van der Waals surface area contributed by atoms with E-state index in [4.69, 9.17) is 16.3 Å². The summed E-state index contributed by atoms with van der Waals surface area (Å²) >= 11 is 0. The molecule has 1 aromatic heterocycles. The van der Waals surface area contributed by atoms with Gasteiger partial charge in [0, 0.05) is 11.5 Å². The molecule has 0 amide bonds. The van der Waals surface area contributed by atoms with Crippen LogP contribution in [-0.4, -0.2) is 16.3 Å². The number of hydrogen-bond donors (Lipinski definition) is 2. The van der Waals surface area contributed by atoms with Crippen molar-refractivity contribution >= 4 is 5.82 Å². The summed E-state index contributed by atoms with van der Waals surface area (Å²) in [6, 6.07) is 7.77. The molecule has 5 nitrogen and oxygen atoms in total. The van der Waals surface area contributed by atoms with Crippen molar-refractivity contribution in [2.24, 2.45) is 0 Å². The Morgan fingerprint density at radius 2 is 2.10 bits per heavy atom. The summed E-state index contributed by atoms with van der Waals surface area (Å²) in [6.45, 7) is 6.85. The highest BCUT2D eigenvalue weighted by Gasteiger charge is 2.17. The second kappa shape index (κ2) is 5.86. The van der Waals surface area contributed by atoms with Crippen LogP contribution < -0.4 is 16.3 Å². The summed E-state index contributed by atoms with van der Waals surface area (Å²) in [4.78, 5) is 4.56. The molecular weight excluding hydrogens is 252 g/mol. The Morgan fingerprint density at radius 3 is 2.70 bits per heavy atom. The van der Waals surface area contributed by atoms with Gasteiger partial charge in [0.2, 0.25) is 0 Å². The van der Waals surface area contributed by atoms with Crippen LogP contribution in [0.15, 0.2) is 24.3 Å². The van der Waals surface area contributed by atoms with E-state index in [1.807, 2.05) is 38.1 Å². The molecular formula is C15H22N4O. The number of anilines is 1. The predicted octanol–water partition coefficient (Wildman–Crippen LogP) is 2.76. The predicted molar refractivity (Wildman–Crippen MR) is 82.1 cm³/mol. The molecule has 1 heterocycles. The van der Waals surface area contributed by atoms with Crippen LogP contribution in [0.4, 0.5) is 5.82 Å². The van der Waals surface area contributed by atoms with Crippen LogP contribution in [0.2, 0.25) is 0 Å². The molecule has 0 atom stereocenters. The van der Waals surface area contributed by atoms with Gasteiger partial charge in [0.25, 0.3) is 0 Å². The van der Waals surface area contributed by atoms with Crippen molar-refractivity contribution in [1.82, 2.24) is 9.66 Å². The van der Waals surface area contributed by atoms with Crippen LogP contribution in [0.3, 0.4) is 0 Å². The number of rotatable bonds is 5. The fourth-order valence-electron chi connectivity index (χ4n) is 2.04. The van der Waals surface area contributed by atoms with Gasteiger partial charge in [-0.3, -0.25) is 0 Å². The molecule has 4 N–H and O–H groups in total. The van der Waals surface area contributed by atoms with Gasteiger partial charge in [-0.25, -0.2) is 9.66 Å². The monoisotopic (exact) mass is 274 g/mol. The van der Waals surface area contributed by atoms with Crippen molar-refractivity contribution in [3.8, 4) is 17.0 Å². The fourth-order valence-corrected chi connectivity index (χ4v) is 2.04. The molecule has 0 radical (unpaired) electrons. The highest BCUT2D eigenvalue weighted by atomic mass is 16.5. The number of imidazole rings is 1. The second-order valence-electron chi connectivity index (χ2n) is 5.10. The molecule has 20 heavy (non-hydrogen) atoms. The van der Waals surface area contributed by atoms with E-state index in [1.165, 1.54) is 4.68 Å². The minimum Gasteiger partial charge on any atom is -0.494 e. The minimum absolute atomic E-state index is 0.218. The van der Waals surface area contributed by atoms with Crippen LogP contribution >= 0.6 is 0 Å². The standard InChI is InChI=1S/C15H22N4O/c1-4-8-20-12-7-5-6-11(9-12)13-14(16)19(17)15(18-13)10(2)3/h5-7,9-10H,4,8,16-17H2,1-3H3. The Labute approximate surface area is 119 Å². The zero-order valence-electron chi connectivity index (χ0n) is 12.3. The van der Waals surface area contributed by atoms with Crippen LogP contribution in [-0.2, 0) is 0 Å². The molecule has 0 unspecified atom stereocenters. The van der Waals surface area contributed by atoms with Crippen LogP contribution in [0.25, 0.3) is 11.3 Å². The third-order valence-electron chi connectivity index (χ3n) is 3.07. The van der Waals surface area contributed by atoms with Crippen molar-refractivity contribution in [2.75, 3.05) is 18.2 Å². The Bertz CT molecular complexity index is 590. The van der Waals surface area contributed by atoms with Gasteiger partial charge in [0.15, 0.2) is 5.82 Å². The lowest BCUT2D eigenvalue weighted by molar-refractivity contribution is 0.317. The van der Waals surface area contributed by atoms with Crippen molar-refractivity contribution in [3.05, 3.63) is 30.1 Å². The first kappa shape index (κ1) is 14.2. The number of benzene rings is 1. The molecule has 2 aromatic rings. The van der Waals surface area contributed by atoms with E-state index in [-0.39, 0.29) is 5.92 Å². The molecule has 1 aromatic carbocycles. The first-order chi connectivity index (χ1) is 9.54. The van der Waals surface area contributed by atoms with Crippen LogP contribution in [0.1, 0.15) is 38.9 Å². The molecule has 0 saturated carbocycles. The minimum atomic E-state index is 0.218. The lowest BCUT2D eigenvalue weighted by Gasteiger charge is -2.06. The molecule has 0 aliphatic rings. The van der Waals surface area contributed by atoms with Crippen LogP contribution in [0, 0.1) is 0 Å². The highest BCUT2D eigenvalue weighted by Crippen LogP contribution is 2.29. The molecule has 0 bridgehead atoms. The third-order valence-corrected chi connectivity index (χ3v) is 3.07. The Morgan fingerprint density at radius 1 is 1.35 bits per heavy atom. The highest BCUT2D eigenvalue weighted by molar-refractivity contribution is 5.72. The van der Waals surface area contributed by atoms with Gasteiger partial charge in [-0.05, 0) is 18.6 Å². The zero-order chi connectivity index (χ0) is 14.7. The maximum Gasteiger partial charge on any atom is 0.150 e. The number of aromatic nitrogens is 2. The lowest BCUT2D eigenvalue weighted by Crippen LogP contribution is -2.16. The van der Waals surface area contributed by atoms with Gasteiger partial charge in [-0.1, -0.05) is 32.9 Å². The summed E-state index contributed by atoms with van der Waals surface area (Å²) in [7, 11) is 0. The average molecular weight is 274 g/mol. The zero-order valence-corrected chi connectivity index (χ0v) is 12.3. The molecule has 0 aliphatic carbocycles. The first-order valence-corrected chi connectivity index (χ1v) is 6.91.